The number of carbonyl (C=O) groups is 1. The molecule has 0 radical (unpaired) electrons. The fourth-order valence-corrected chi connectivity index (χ4v) is 1.97. The molecule has 5 heteroatoms. The van der Waals surface area contributed by atoms with E-state index >= 15 is 0 Å². The number of hydrogen-bond acceptors (Lipinski definition) is 2. The van der Waals surface area contributed by atoms with Crippen molar-refractivity contribution in [2.75, 3.05) is 0 Å². The van der Waals surface area contributed by atoms with Crippen molar-refractivity contribution in [3.63, 3.8) is 0 Å². The maximum absolute atomic E-state index is 13.5. The lowest BCUT2D eigenvalue weighted by Crippen LogP contribution is -2.42. The highest BCUT2D eigenvalue weighted by Crippen LogP contribution is 2.31. The summed E-state index contributed by atoms with van der Waals surface area (Å²) >= 11 is 5.58. The second-order valence-corrected chi connectivity index (χ2v) is 4.48. The molecule has 2 aromatic carbocycles. The summed E-state index contributed by atoms with van der Waals surface area (Å²) in [4.78, 5) is 11.6. The SMILES string of the molecule is NC(=O)C(O)(c1ccccc1)c1ccc(Cl)c(F)c1. The minimum Gasteiger partial charge on any atom is -0.372 e. The number of hydrogen-bond donors (Lipinski definition) is 2. The van der Waals surface area contributed by atoms with Gasteiger partial charge in [0.05, 0.1) is 5.02 Å². The van der Waals surface area contributed by atoms with E-state index in [0.717, 1.165) is 6.07 Å². The quantitative estimate of drug-likeness (QED) is 0.905. The molecule has 0 aromatic heterocycles. The Morgan fingerprint density at radius 2 is 1.79 bits per heavy atom. The Morgan fingerprint density at radius 1 is 1.16 bits per heavy atom. The normalized spacial score (nSPS) is 13.8. The molecule has 1 atom stereocenters. The third kappa shape index (κ3) is 2.32. The number of carbonyl (C=O) groups excluding carboxylic acids is 1. The molecule has 0 aliphatic heterocycles. The van der Waals surface area contributed by atoms with Gasteiger partial charge in [0.25, 0.3) is 5.91 Å². The van der Waals surface area contributed by atoms with Crippen LogP contribution in [0.25, 0.3) is 0 Å². The van der Waals surface area contributed by atoms with Crippen LogP contribution in [0.1, 0.15) is 11.1 Å². The second-order valence-electron chi connectivity index (χ2n) is 4.07. The molecule has 19 heavy (non-hydrogen) atoms. The summed E-state index contributed by atoms with van der Waals surface area (Å²) in [6.45, 7) is 0. The van der Waals surface area contributed by atoms with Crippen molar-refractivity contribution >= 4 is 17.5 Å². The number of benzene rings is 2. The van der Waals surface area contributed by atoms with Gasteiger partial charge in [-0.15, -0.1) is 0 Å². The zero-order chi connectivity index (χ0) is 14.0. The molecule has 1 amide bonds. The molecule has 0 bridgehead atoms. The van der Waals surface area contributed by atoms with Gasteiger partial charge in [-0.3, -0.25) is 4.79 Å². The molecule has 2 rings (SSSR count). The van der Waals surface area contributed by atoms with Gasteiger partial charge in [-0.25, -0.2) is 4.39 Å². The van der Waals surface area contributed by atoms with Gasteiger partial charge >= 0.3 is 0 Å². The van der Waals surface area contributed by atoms with Crippen molar-refractivity contribution in [1.29, 1.82) is 0 Å². The van der Waals surface area contributed by atoms with Crippen LogP contribution >= 0.6 is 11.6 Å². The Bertz CT molecular complexity index is 618. The highest BCUT2D eigenvalue weighted by molar-refractivity contribution is 6.30. The molecule has 0 spiro atoms. The molecule has 0 fully saturated rings. The van der Waals surface area contributed by atoms with Crippen molar-refractivity contribution in [3.8, 4) is 0 Å². The zero-order valence-electron chi connectivity index (χ0n) is 9.81. The van der Waals surface area contributed by atoms with E-state index < -0.39 is 17.3 Å². The number of rotatable bonds is 3. The Morgan fingerprint density at radius 3 is 2.32 bits per heavy atom. The minimum atomic E-state index is -2.09. The molecular formula is C14H11ClFNO2. The predicted octanol–water partition coefficient (Wildman–Crippen LogP) is 2.20. The molecule has 3 N–H and O–H groups in total. The van der Waals surface area contributed by atoms with Crippen molar-refractivity contribution in [3.05, 3.63) is 70.5 Å². The number of aliphatic hydroxyl groups is 1. The maximum Gasteiger partial charge on any atom is 0.258 e. The van der Waals surface area contributed by atoms with Crippen molar-refractivity contribution in [2.24, 2.45) is 5.73 Å². The third-order valence-electron chi connectivity index (χ3n) is 2.89. The summed E-state index contributed by atoms with van der Waals surface area (Å²) in [5.74, 6) is -1.71. The highest BCUT2D eigenvalue weighted by Gasteiger charge is 2.38. The molecular weight excluding hydrogens is 269 g/mol. The number of halogens is 2. The van der Waals surface area contributed by atoms with E-state index in [2.05, 4.69) is 0 Å². The standard InChI is InChI=1S/C14H11ClFNO2/c15-11-7-6-10(8-12(11)16)14(19,13(17)18)9-4-2-1-3-5-9/h1-8,19H,(H2,17,18). The number of primary amides is 1. The van der Waals surface area contributed by atoms with Crippen LogP contribution in [0.3, 0.4) is 0 Å². The van der Waals surface area contributed by atoms with Crippen molar-refractivity contribution in [2.45, 2.75) is 5.60 Å². The summed E-state index contributed by atoms with van der Waals surface area (Å²) in [6, 6.07) is 11.7. The van der Waals surface area contributed by atoms with Crippen LogP contribution in [0.2, 0.25) is 5.02 Å². The molecule has 0 aliphatic rings. The lowest BCUT2D eigenvalue weighted by atomic mass is 9.86. The molecule has 98 valence electrons. The summed E-state index contributed by atoms with van der Waals surface area (Å²) in [7, 11) is 0. The lowest BCUT2D eigenvalue weighted by molar-refractivity contribution is -0.133. The van der Waals surface area contributed by atoms with E-state index in [0.29, 0.717) is 0 Å². The number of nitrogens with two attached hydrogens (primary N) is 1. The average Bonchev–Trinajstić information content (AvgIpc) is 2.41. The fourth-order valence-electron chi connectivity index (χ4n) is 1.85. The molecule has 0 aliphatic carbocycles. The van der Waals surface area contributed by atoms with Crippen molar-refractivity contribution in [1.82, 2.24) is 0 Å². The first-order chi connectivity index (χ1) is 8.96. The van der Waals surface area contributed by atoms with E-state index in [1.54, 1.807) is 18.2 Å². The van der Waals surface area contributed by atoms with Crippen LogP contribution in [0.5, 0.6) is 0 Å². The largest absolute Gasteiger partial charge is 0.372 e. The zero-order valence-corrected chi connectivity index (χ0v) is 10.6. The second kappa shape index (κ2) is 4.99. The summed E-state index contributed by atoms with van der Waals surface area (Å²) < 4.78 is 13.5. The van der Waals surface area contributed by atoms with Crippen molar-refractivity contribution < 1.29 is 14.3 Å². The molecule has 2 aromatic rings. The first-order valence-corrected chi connectivity index (χ1v) is 5.87. The predicted molar refractivity (Wildman–Crippen MR) is 70.0 cm³/mol. The molecule has 1 unspecified atom stereocenters. The molecule has 0 heterocycles. The lowest BCUT2D eigenvalue weighted by Gasteiger charge is -2.25. The summed E-state index contributed by atoms with van der Waals surface area (Å²) in [5, 5.41) is 10.5. The van der Waals surface area contributed by atoms with E-state index in [9.17, 15) is 14.3 Å². The highest BCUT2D eigenvalue weighted by atomic mass is 35.5. The first kappa shape index (κ1) is 13.5. The Kier molecular flexibility index (Phi) is 3.55. The Hall–Kier alpha value is -1.91. The van der Waals surface area contributed by atoms with Gasteiger partial charge < -0.3 is 10.8 Å². The molecule has 0 saturated heterocycles. The molecule has 3 nitrogen and oxygen atoms in total. The van der Waals surface area contributed by atoms with Crippen LogP contribution < -0.4 is 5.73 Å². The summed E-state index contributed by atoms with van der Waals surface area (Å²) in [5.41, 5.74) is 3.49. The van der Waals surface area contributed by atoms with Gasteiger partial charge in [0.1, 0.15) is 5.82 Å². The smallest absolute Gasteiger partial charge is 0.258 e. The van der Waals surface area contributed by atoms with Gasteiger partial charge in [0.15, 0.2) is 5.60 Å². The van der Waals surface area contributed by atoms with E-state index in [1.807, 2.05) is 0 Å². The Labute approximate surface area is 114 Å². The van der Waals surface area contributed by atoms with Gasteiger partial charge in [-0.1, -0.05) is 48.0 Å². The van der Waals surface area contributed by atoms with Crippen LogP contribution in [0, 0.1) is 5.82 Å². The van der Waals surface area contributed by atoms with Gasteiger partial charge in [-0.2, -0.15) is 0 Å². The van der Waals surface area contributed by atoms with E-state index in [4.69, 9.17) is 17.3 Å². The third-order valence-corrected chi connectivity index (χ3v) is 3.19. The maximum atomic E-state index is 13.5. The first-order valence-electron chi connectivity index (χ1n) is 5.49. The van der Waals surface area contributed by atoms with E-state index in [1.165, 1.54) is 24.3 Å². The number of amides is 1. The minimum absolute atomic E-state index is 0.0353. The fraction of sp³-hybridized carbons (Fsp3) is 0.0714. The van der Waals surface area contributed by atoms with Crippen LogP contribution in [-0.4, -0.2) is 11.0 Å². The van der Waals surface area contributed by atoms with Crippen LogP contribution in [0.4, 0.5) is 4.39 Å². The Balaban J connectivity index is 2.63. The van der Waals surface area contributed by atoms with Gasteiger partial charge in [0, 0.05) is 5.56 Å². The van der Waals surface area contributed by atoms with Crippen LogP contribution in [0.15, 0.2) is 48.5 Å². The van der Waals surface area contributed by atoms with Gasteiger partial charge in [-0.05, 0) is 17.7 Å². The average molecular weight is 280 g/mol. The monoisotopic (exact) mass is 279 g/mol. The van der Waals surface area contributed by atoms with Gasteiger partial charge in [0.2, 0.25) is 0 Å². The summed E-state index contributed by atoms with van der Waals surface area (Å²) in [6.07, 6.45) is 0. The van der Waals surface area contributed by atoms with E-state index in [-0.39, 0.29) is 16.1 Å². The molecule has 0 saturated carbocycles. The van der Waals surface area contributed by atoms with Crippen LogP contribution in [-0.2, 0) is 10.4 Å². The topological polar surface area (TPSA) is 63.3 Å².